The van der Waals surface area contributed by atoms with Crippen molar-refractivity contribution in [2.45, 2.75) is 23.8 Å². The number of esters is 1. The molecule has 0 radical (unpaired) electrons. The number of amides is 1. The first-order valence-electron chi connectivity index (χ1n) is 7.06. The molecular weight excluding hydrogens is 370 g/mol. The van der Waals surface area contributed by atoms with Gasteiger partial charge in [0.1, 0.15) is 0 Å². The fourth-order valence-corrected chi connectivity index (χ4v) is 2.91. The second kappa shape index (κ2) is 9.17. The molecule has 0 aliphatic carbocycles. The van der Waals surface area contributed by atoms with E-state index in [0.717, 1.165) is 28.8 Å². The van der Waals surface area contributed by atoms with Crippen molar-refractivity contribution < 1.29 is 19.1 Å². The van der Waals surface area contributed by atoms with Crippen LogP contribution in [0.2, 0.25) is 0 Å². The van der Waals surface area contributed by atoms with Gasteiger partial charge in [0.05, 0.1) is 11.9 Å². The van der Waals surface area contributed by atoms with Crippen molar-refractivity contribution in [2.24, 2.45) is 0 Å². The molecule has 1 aliphatic heterocycles. The van der Waals surface area contributed by atoms with E-state index in [-0.39, 0.29) is 24.4 Å². The molecular formula is C15H18BrNO4S. The molecule has 1 N–H and O–H groups in total. The smallest absolute Gasteiger partial charge is 0.316 e. The van der Waals surface area contributed by atoms with Crippen LogP contribution in [0, 0.1) is 0 Å². The predicted molar refractivity (Wildman–Crippen MR) is 87.8 cm³/mol. The molecule has 1 aromatic rings. The van der Waals surface area contributed by atoms with Crippen molar-refractivity contribution in [3.63, 3.8) is 0 Å². The van der Waals surface area contributed by atoms with E-state index in [2.05, 4.69) is 21.2 Å². The zero-order chi connectivity index (χ0) is 15.8. The standard InChI is InChI=1S/C15H18BrNO4S/c16-11-3-5-13(6-4-11)22-10-15(19)21-9-14(18)17-8-12-2-1-7-20-12/h3-6,12H,1-2,7-10H2,(H,17,18)/t12-/m1/s1. The van der Waals surface area contributed by atoms with E-state index >= 15 is 0 Å². The van der Waals surface area contributed by atoms with Crippen LogP contribution in [0.15, 0.2) is 33.6 Å². The van der Waals surface area contributed by atoms with Crippen molar-refractivity contribution in [1.82, 2.24) is 5.32 Å². The molecule has 2 rings (SSSR count). The van der Waals surface area contributed by atoms with E-state index in [0.29, 0.717) is 6.54 Å². The monoisotopic (exact) mass is 387 g/mol. The molecule has 1 aliphatic rings. The van der Waals surface area contributed by atoms with E-state index in [1.807, 2.05) is 24.3 Å². The summed E-state index contributed by atoms with van der Waals surface area (Å²) in [5.41, 5.74) is 0. The Kier molecular flexibility index (Phi) is 7.21. The van der Waals surface area contributed by atoms with Crippen LogP contribution in [0.5, 0.6) is 0 Å². The zero-order valence-electron chi connectivity index (χ0n) is 12.0. The Morgan fingerprint density at radius 3 is 2.82 bits per heavy atom. The molecule has 1 saturated heterocycles. The maximum Gasteiger partial charge on any atom is 0.316 e. The second-order valence-electron chi connectivity index (χ2n) is 4.84. The number of benzene rings is 1. The number of hydrogen-bond donors (Lipinski definition) is 1. The molecule has 0 aromatic heterocycles. The molecule has 1 atom stereocenters. The van der Waals surface area contributed by atoms with Crippen LogP contribution in [0.25, 0.3) is 0 Å². The number of thioether (sulfide) groups is 1. The highest BCUT2D eigenvalue weighted by Gasteiger charge is 2.16. The summed E-state index contributed by atoms with van der Waals surface area (Å²) in [6.45, 7) is 0.985. The Labute approximate surface area is 142 Å². The van der Waals surface area contributed by atoms with E-state index in [1.165, 1.54) is 11.8 Å². The highest BCUT2D eigenvalue weighted by molar-refractivity contribution is 9.10. The maximum absolute atomic E-state index is 11.6. The number of nitrogens with one attached hydrogen (secondary N) is 1. The van der Waals surface area contributed by atoms with Crippen molar-refractivity contribution in [3.8, 4) is 0 Å². The summed E-state index contributed by atoms with van der Waals surface area (Å²) < 4.78 is 11.3. The van der Waals surface area contributed by atoms with Crippen LogP contribution in [0.1, 0.15) is 12.8 Å². The van der Waals surface area contributed by atoms with Gasteiger partial charge in [-0.2, -0.15) is 0 Å². The molecule has 1 heterocycles. The Balaban J connectivity index is 1.58. The average molecular weight is 388 g/mol. The molecule has 5 nitrogen and oxygen atoms in total. The van der Waals surface area contributed by atoms with Crippen LogP contribution >= 0.6 is 27.7 Å². The largest absolute Gasteiger partial charge is 0.455 e. The summed E-state index contributed by atoms with van der Waals surface area (Å²) in [4.78, 5) is 24.1. The molecule has 0 bridgehead atoms. The molecule has 120 valence electrons. The maximum atomic E-state index is 11.6. The molecule has 0 unspecified atom stereocenters. The van der Waals surface area contributed by atoms with Crippen LogP contribution in [-0.4, -0.2) is 43.5 Å². The van der Waals surface area contributed by atoms with Gasteiger partial charge in [0.15, 0.2) is 6.61 Å². The van der Waals surface area contributed by atoms with Gasteiger partial charge in [-0.05, 0) is 37.1 Å². The molecule has 7 heteroatoms. The lowest BCUT2D eigenvalue weighted by Gasteiger charge is -2.10. The molecule has 1 amide bonds. The topological polar surface area (TPSA) is 64.6 Å². The van der Waals surface area contributed by atoms with Gasteiger partial charge in [0.25, 0.3) is 5.91 Å². The first-order valence-corrected chi connectivity index (χ1v) is 8.83. The summed E-state index contributed by atoms with van der Waals surface area (Å²) in [6.07, 6.45) is 2.08. The number of carbonyl (C=O) groups excluding carboxylic acids is 2. The highest BCUT2D eigenvalue weighted by atomic mass is 79.9. The minimum Gasteiger partial charge on any atom is -0.455 e. The lowest BCUT2D eigenvalue weighted by molar-refractivity contribution is -0.146. The third-order valence-corrected chi connectivity index (χ3v) is 4.60. The summed E-state index contributed by atoms with van der Waals surface area (Å²) >= 11 is 4.73. The number of hydrogen-bond acceptors (Lipinski definition) is 5. The third-order valence-electron chi connectivity index (χ3n) is 3.09. The van der Waals surface area contributed by atoms with Crippen LogP contribution < -0.4 is 5.32 Å². The Morgan fingerprint density at radius 2 is 2.14 bits per heavy atom. The van der Waals surface area contributed by atoms with Gasteiger partial charge < -0.3 is 14.8 Å². The molecule has 1 aromatic carbocycles. The van der Waals surface area contributed by atoms with Crippen molar-refractivity contribution >= 4 is 39.6 Å². The van der Waals surface area contributed by atoms with Gasteiger partial charge in [-0.1, -0.05) is 15.9 Å². The summed E-state index contributed by atoms with van der Waals surface area (Å²) in [7, 11) is 0. The summed E-state index contributed by atoms with van der Waals surface area (Å²) in [6, 6.07) is 7.64. The number of rotatable bonds is 7. The Bertz CT molecular complexity index is 503. The number of carbonyl (C=O) groups is 2. The van der Waals surface area contributed by atoms with Gasteiger partial charge in [0.2, 0.25) is 0 Å². The van der Waals surface area contributed by atoms with E-state index in [1.54, 1.807) is 0 Å². The molecule has 0 spiro atoms. The predicted octanol–water partition coefficient (Wildman–Crippen LogP) is 2.38. The third kappa shape index (κ3) is 6.37. The number of halogens is 1. The Hall–Kier alpha value is -1.05. The van der Waals surface area contributed by atoms with Crippen molar-refractivity contribution in [3.05, 3.63) is 28.7 Å². The van der Waals surface area contributed by atoms with Gasteiger partial charge in [-0.25, -0.2) is 0 Å². The summed E-state index contributed by atoms with van der Waals surface area (Å²) in [5, 5.41) is 2.71. The van der Waals surface area contributed by atoms with Gasteiger partial charge in [-0.3, -0.25) is 9.59 Å². The second-order valence-corrected chi connectivity index (χ2v) is 6.81. The average Bonchev–Trinajstić information content (AvgIpc) is 3.04. The van der Waals surface area contributed by atoms with Crippen LogP contribution in [0.3, 0.4) is 0 Å². The van der Waals surface area contributed by atoms with E-state index < -0.39 is 5.97 Å². The lowest BCUT2D eigenvalue weighted by Crippen LogP contribution is -2.35. The fraction of sp³-hybridized carbons (Fsp3) is 0.467. The minimum absolute atomic E-state index is 0.0904. The van der Waals surface area contributed by atoms with Crippen molar-refractivity contribution in [2.75, 3.05) is 25.5 Å². The fourth-order valence-electron chi connectivity index (χ4n) is 1.94. The van der Waals surface area contributed by atoms with Crippen LogP contribution in [-0.2, 0) is 19.1 Å². The molecule has 22 heavy (non-hydrogen) atoms. The number of ether oxygens (including phenoxy) is 2. The lowest BCUT2D eigenvalue weighted by atomic mass is 10.2. The van der Waals surface area contributed by atoms with Gasteiger partial charge in [-0.15, -0.1) is 11.8 Å². The van der Waals surface area contributed by atoms with E-state index in [4.69, 9.17) is 9.47 Å². The highest BCUT2D eigenvalue weighted by Crippen LogP contribution is 2.20. The zero-order valence-corrected chi connectivity index (χ0v) is 14.5. The normalized spacial score (nSPS) is 17.2. The first kappa shape index (κ1) is 17.3. The molecule has 1 fully saturated rings. The van der Waals surface area contributed by atoms with Crippen molar-refractivity contribution in [1.29, 1.82) is 0 Å². The summed E-state index contributed by atoms with van der Waals surface area (Å²) in [5.74, 6) is -0.515. The van der Waals surface area contributed by atoms with E-state index in [9.17, 15) is 9.59 Å². The SMILES string of the molecule is O=C(COC(=O)CSc1ccc(Br)cc1)NC[C@H]1CCCO1. The van der Waals surface area contributed by atoms with Crippen LogP contribution in [0.4, 0.5) is 0 Å². The first-order chi connectivity index (χ1) is 10.6. The minimum atomic E-state index is -0.403. The van der Waals surface area contributed by atoms with Gasteiger partial charge >= 0.3 is 5.97 Å². The quantitative estimate of drug-likeness (QED) is 0.574. The van der Waals surface area contributed by atoms with Gasteiger partial charge in [0, 0.05) is 22.5 Å². The Morgan fingerprint density at radius 1 is 1.36 bits per heavy atom. The molecule has 0 saturated carbocycles.